The molecular formula is C20H27NO2. The van der Waals surface area contributed by atoms with Crippen LogP contribution in [-0.2, 0) is 13.0 Å². The number of rotatable bonds is 8. The van der Waals surface area contributed by atoms with Crippen LogP contribution < -0.4 is 9.47 Å². The lowest BCUT2D eigenvalue weighted by atomic mass is 10.1. The lowest BCUT2D eigenvalue weighted by Gasteiger charge is -2.19. The minimum Gasteiger partial charge on any atom is -0.497 e. The number of hydrogen-bond acceptors (Lipinski definition) is 3. The van der Waals surface area contributed by atoms with Gasteiger partial charge >= 0.3 is 0 Å². The fourth-order valence-corrected chi connectivity index (χ4v) is 2.27. The summed E-state index contributed by atoms with van der Waals surface area (Å²) in [4.78, 5) is 2.26. The van der Waals surface area contributed by atoms with E-state index in [1.54, 1.807) is 7.11 Å². The van der Waals surface area contributed by atoms with E-state index in [2.05, 4.69) is 50.2 Å². The van der Waals surface area contributed by atoms with E-state index >= 15 is 0 Å². The highest BCUT2D eigenvalue weighted by Gasteiger charge is 2.05. The Bertz CT molecular complexity index is 576. The molecule has 0 N–H and O–H groups in total. The summed E-state index contributed by atoms with van der Waals surface area (Å²) in [5.41, 5.74) is 2.49. The summed E-state index contributed by atoms with van der Waals surface area (Å²) in [6.45, 7) is 2.83. The van der Waals surface area contributed by atoms with Crippen LogP contribution in [0.2, 0.25) is 0 Å². The number of hydrogen-bond donors (Lipinski definition) is 0. The van der Waals surface area contributed by atoms with Crippen molar-refractivity contribution in [2.24, 2.45) is 0 Å². The number of benzene rings is 2. The molecule has 0 fully saturated rings. The van der Waals surface area contributed by atoms with Crippen LogP contribution in [0.1, 0.15) is 24.5 Å². The molecule has 0 saturated heterocycles. The average Bonchev–Trinajstić information content (AvgIpc) is 2.59. The largest absolute Gasteiger partial charge is 0.497 e. The van der Waals surface area contributed by atoms with E-state index in [0.717, 1.165) is 23.5 Å². The van der Waals surface area contributed by atoms with Crippen LogP contribution in [0.4, 0.5) is 0 Å². The molecule has 2 aromatic carbocycles. The van der Waals surface area contributed by atoms with Crippen molar-refractivity contribution in [3.8, 4) is 11.5 Å². The summed E-state index contributed by atoms with van der Waals surface area (Å²) in [6.07, 6.45) is 2.26. The maximum Gasteiger partial charge on any atom is 0.119 e. The van der Waals surface area contributed by atoms with Gasteiger partial charge in [-0.1, -0.05) is 24.3 Å². The molecule has 23 heavy (non-hydrogen) atoms. The van der Waals surface area contributed by atoms with Crippen LogP contribution in [0, 0.1) is 0 Å². The molecule has 1 unspecified atom stereocenters. The molecule has 0 saturated carbocycles. The summed E-state index contributed by atoms with van der Waals surface area (Å²) >= 11 is 0. The van der Waals surface area contributed by atoms with Gasteiger partial charge in [0.15, 0.2) is 0 Å². The van der Waals surface area contributed by atoms with Crippen molar-refractivity contribution in [3.05, 3.63) is 59.7 Å². The van der Waals surface area contributed by atoms with Crippen molar-refractivity contribution >= 4 is 0 Å². The molecule has 0 heterocycles. The van der Waals surface area contributed by atoms with Crippen molar-refractivity contribution in [3.63, 3.8) is 0 Å². The zero-order valence-electron chi connectivity index (χ0n) is 14.6. The molecule has 0 aliphatic rings. The Morgan fingerprint density at radius 3 is 2.00 bits per heavy atom. The molecule has 3 heteroatoms. The van der Waals surface area contributed by atoms with Crippen LogP contribution in [-0.4, -0.2) is 32.1 Å². The molecule has 1 atom stereocenters. The van der Waals surface area contributed by atoms with Crippen LogP contribution in [0.25, 0.3) is 0 Å². The molecular weight excluding hydrogens is 286 g/mol. The van der Waals surface area contributed by atoms with Gasteiger partial charge in [-0.3, -0.25) is 0 Å². The Morgan fingerprint density at radius 2 is 1.43 bits per heavy atom. The van der Waals surface area contributed by atoms with Gasteiger partial charge < -0.3 is 14.4 Å². The van der Waals surface area contributed by atoms with E-state index in [-0.39, 0.29) is 0 Å². The predicted octanol–water partition coefficient (Wildman–Crippen LogP) is 4.16. The minimum atomic E-state index is 0.570. The summed E-state index contributed by atoms with van der Waals surface area (Å²) < 4.78 is 11.0. The topological polar surface area (TPSA) is 21.7 Å². The monoisotopic (exact) mass is 313 g/mol. The summed E-state index contributed by atoms with van der Waals surface area (Å²) in [5.74, 6) is 1.77. The highest BCUT2D eigenvalue weighted by atomic mass is 16.5. The lowest BCUT2D eigenvalue weighted by Crippen LogP contribution is -2.24. The third kappa shape index (κ3) is 5.61. The van der Waals surface area contributed by atoms with E-state index < -0.39 is 0 Å². The Morgan fingerprint density at radius 1 is 0.870 bits per heavy atom. The second-order valence-electron chi connectivity index (χ2n) is 6.13. The van der Waals surface area contributed by atoms with Crippen molar-refractivity contribution < 1.29 is 9.47 Å². The van der Waals surface area contributed by atoms with Crippen LogP contribution in [0.5, 0.6) is 11.5 Å². The molecule has 0 aliphatic carbocycles. The van der Waals surface area contributed by atoms with Crippen molar-refractivity contribution in [2.75, 3.05) is 21.2 Å². The lowest BCUT2D eigenvalue weighted by molar-refractivity contribution is 0.298. The summed E-state index contributed by atoms with van der Waals surface area (Å²) in [7, 11) is 5.92. The van der Waals surface area contributed by atoms with Gasteiger partial charge in [0.2, 0.25) is 0 Å². The SMILES string of the molecule is COc1ccc(COc2ccc(CCC(C)N(C)C)cc2)cc1. The number of nitrogens with zero attached hydrogens (tertiary/aromatic N) is 1. The quantitative estimate of drug-likeness (QED) is 0.730. The van der Waals surface area contributed by atoms with E-state index in [4.69, 9.17) is 9.47 Å². The number of aryl methyl sites for hydroxylation is 1. The van der Waals surface area contributed by atoms with Gasteiger partial charge in [-0.25, -0.2) is 0 Å². The van der Waals surface area contributed by atoms with Crippen LogP contribution in [0.3, 0.4) is 0 Å². The second kappa shape index (κ2) is 8.59. The van der Waals surface area contributed by atoms with E-state index in [0.29, 0.717) is 12.6 Å². The fourth-order valence-electron chi connectivity index (χ4n) is 2.27. The third-order valence-electron chi connectivity index (χ3n) is 4.22. The maximum atomic E-state index is 5.84. The van der Waals surface area contributed by atoms with E-state index in [9.17, 15) is 0 Å². The number of ether oxygens (including phenoxy) is 2. The Kier molecular flexibility index (Phi) is 6.48. The third-order valence-corrected chi connectivity index (χ3v) is 4.22. The first kappa shape index (κ1) is 17.4. The predicted molar refractivity (Wildman–Crippen MR) is 95.2 cm³/mol. The first-order valence-electron chi connectivity index (χ1n) is 8.09. The molecule has 3 nitrogen and oxygen atoms in total. The van der Waals surface area contributed by atoms with Gasteiger partial charge in [0.05, 0.1) is 7.11 Å². The fraction of sp³-hybridized carbons (Fsp3) is 0.400. The smallest absolute Gasteiger partial charge is 0.119 e. The average molecular weight is 313 g/mol. The highest BCUT2D eigenvalue weighted by Crippen LogP contribution is 2.17. The Balaban J connectivity index is 1.82. The van der Waals surface area contributed by atoms with E-state index in [1.165, 1.54) is 12.0 Å². The van der Waals surface area contributed by atoms with Gasteiger partial charge in [0.25, 0.3) is 0 Å². The first-order valence-corrected chi connectivity index (χ1v) is 8.09. The van der Waals surface area contributed by atoms with E-state index in [1.807, 2.05) is 24.3 Å². The Hall–Kier alpha value is -2.00. The zero-order chi connectivity index (χ0) is 16.7. The summed E-state index contributed by atoms with van der Waals surface area (Å²) in [6, 6.07) is 17.0. The normalized spacial score (nSPS) is 12.2. The molecule has 2 rings (SSSR count). The molecule has 2 aromatic rings. The molecule has 0 radical (unpaired) electrons. The second-order valence-corrected chi connectivity index (χ2v) is 6.13. The molecule has 0 aliphatic heterocycles. The standard InChI is InChI=1S/C20H27NO2/c1-16(21(2)3)5-6-17-7-13-20(14-8-17)23-15-18-9-11-19(22-4)12-10-18/h7-14,16H,5-6,15H2,1-4H3. The van der Waals surface area contributed by atoms with Gasteiger partial charge in [0, 0.05) is 6.04 Å². The van der Waals surface area contributed by atoms with Crippen molar-refractivity contribution in [2.45, 2.75) is 32.4 Å². The molecule has 0 bridgehead atoms. The van der Waals surface area contributed by atoms with Gasteiger partial charge in [-0.15, -0.1) is 0 Å². The van der Waals surface area contributed by atoms with Gasteiger partial charge in [-0.05, 0) is 69.3 Å². The molecule has 0 amide bonds. The van der Waals surface area contributed by atoms with Crippen LogP contribution in [0.15, 0.2) is 48.5 Å². The van der Waals surface area contributed by atoms with Crippen LogP contribution >= 0.6 is 0 Å². The molecule has 0 aromatic heterocycles. The highest BCUT2D eigenvalue weighted by molar-refractivity contribution is 5.29. The molecule has 0 spiro atoms. The van der Waals surface area contributed by atoms with Crippen molar-refractivity contribution in [1.82, 2.24) is 4.90 Å². The maximum absolute atomic E-state index is 5.84. The Labute approximate surface area is 139 Å². The van der Waals surface area contributed by atoms with Crippen molar-refractivity contribution in [1.29, 1.82) is 0 Å². The minimum absolute atomic E-state index is 0.570. The first-order chi connectivity index (χ1) is 11.1. The number of methoxy groups -OCH3 is 1. The summed E-state index contributed by atoms with van der Waals surface area (Å²) in [5, 5.41) is 0. The van der Waals surface area contributed by atoms with Gasteiger partial charge in [0.1, 0.15) is 18.1 Å². The zero-order valence-corrected chi connectivity index (χ0v) is 14.6. The van der Waals surface area contributed by atoms with Gasteiger partial charge in [-0.2, -0.15) is 0 Å². The molecule has 124 valence electrons.